The van der Waals surface area contributed by atoms with Crippen molar-refractivity contribution in [1.29, 1.82) is 0 Å². The maximum Gasteiger partial charge on any atom is 0.308 e. The highest BCUT2D eigenvalue weighted by Crippen LogP contribution is 2.18. The zero-order valence-corrected chi connectivity index (χ0v) is 8.80. The Balaban J connectivity index is 3.79. The molecule has 1 atom stereocenters. The first kappa shape index (κ1) is 12.4. The van der Waals surface area contributed by atoms with Crippen LogP contribution in [0.2, 0.25) is 0 Å². The van der Waals surface area contributed by atoms with Crippen LogP contribution < -0.4 is 0 Å². The van der Waals surface area contributed by atoms with Crippen molar-refractivity contribution in [3.63, 3.8) is 0 Å². The van der Waals surface area contributed by atoms with E-state index in [1.165, 1.54) is 0 Å². The zero-order valence-electron chi connectivity index (χ0n) is 8.80. The van der Waals surface area contributed by atoms with E-state index in [4.69, 9.17) is 4.74 Å². The molecule has 0 aliphatic heterocycles. The third-order valence-electron chi connectivity index (χ3n) is 1.90. The van der Waals surface area contributed by atoms with Crippen LogP contribution in [0, 0.1) is 0 Å². The Morgan fingerprint density at radius 1 is 1.46 bits per heavy atom. The second-order valence-corrected chi connectivity index (χ2v) is 3.58. The molecule has 0 radical (unpaired) electrons. The van der Waals surface area contributed by atoms with Crippen LogP contribution in [0.15, 0.2) is 0 Å². The van der Waals surface area contributed by atoms with Crippen molar-refractivity contribution in [2.24, 2.45) is 0 Å². The van der Waals surface area contributed by atoms with Crippen molar-refractivity contribution >= 4 is 5.97 Å². The molecule has 0 heterocycles. The number of carbonyl (C=O) groups excluding carboxylic acids is 1. The van der Waals surface area contributed by atoms with E-state index in [-0.39, 0.29) is 12.4 Å². The number of hydrogen-bond donors (Lipinski definition) is 1. The second kappa shape index (κ2) is 5.97. The van der Waals surface area contributed by atoms with Crippen LogP contribution in [0.25, 0.3) is 0 Å². The Morgan fingerprint density at radius 3 is 2.54 bits per heavy atom. The molecule has 13 heavy (non-hydrogen) atoms. The average molecular weight is 188 g/mol. The van der Waals surface area contributed by atoms with Crippen LogP contribution in [0.1, 0.15) is 46.5 Å². The molecule has 0 aromatic heterocycles. The summed E-state index contributed by atoms with van der Waals surface area (Å²) < 4.78 is 4.76. The van der Waals surface area contributed by atoms with Gasteiger partial charge in [0.05, 0.1) is 18.6 Å². The first-order valence-electron chi connectivity index (χ1n) is 4.90. The topological polar surface area (TPSA) is 46.5 Å². The molecule has 0 rings (SSSR count). The van der Waals surface area contributed by atoms with Crippen LogP contribution in [0.5, 0.6) is 0 Å². The lowest BCUT2D eigenvalue weighted by molar-refractivity contribution is -0.148. The average Bonchev–Trinajstić information content (AvgIpc) is 2.00. The van der Waals surface area contributed by atoms with E-state index in [1.807, 2.05) is 0 Å². The molecule has 1 N–H and O–H groups in total. The van der Waals surface area contributed by atoms with Gasteiger partial charge in [-0.1, -0.05) is 19.8 Å². The Labute approximate surface area is 80.1 Å². The Bertz CT molecular complexity index is 152. The predicted octanol–water partition coefficient (Wildman–Crippen LogP) is 1.88. The normalized spacial score (nSPS) is 15.1. The van der Waals surface area contributed by atoms with E-state index in [9.17, 15) is 9.90 Å². The van der Waals surface area contributed by atoms with Gasteiger partial charge in [0.2, 0.25) is 0 Å². The maximum absolute atomic E-state index is 11.0. The number of ether oxygens (including phenoxy) is 1. The maximum atomic E-state index is 11.0. The summed E-state index contributed by atoms with van der Waals surface area (Å²) in [7, 11) is 0. The fourth-order valence-corrected chi connectivity index (χ4v) is 1.17. The van der Waals surface area contributed by atoms with E-state index < -0.39 is 5.60 Å². The lowest BCUT2D eigenvalue weighted by Crippen LogP contribution is -2.28. The van der Waals surface area contributed by atoms with Crippen LogP contribution in [-0.2, 0) is 9.53 Å². The molecule has 0 aliphatic carbocycles. The molecule has 0 saturated heterocycles. The molecule has 0 saturated carbocycles. The molecule has 3 nitrogen and oxygen atoms in total. The Morgan fingerprint density at radius 2 is 2.08 bits per heavy atom. The minimum absolute atomic E-state index is 0.0981. The summed E-state index contributed by atoms with van der Waals surface area (Å²) in [6, 6.07) is 0. The van der Waals surface area contributed by atoms with E-state index in [0.29, 0.717) is 13.0 Å². The molecular weight excluding hydrogens is 168 g/mol. The second-order valence-electron chi connectivity index (χ2n) is 3.58. The number of hydrogen-bond acceptors (Lipinski definition) is 3. The van der Waals surface area contributed by atoms with Crippen LogP contribution in [0.4, 0.5) is 0 Å². The van der Waals surface area contributed by atoms with Crippen molar-refractivity contribution in [1.82, 2.24) is 0 Å². The molecule has 0 aromatic rings. The summed E-state index contributed by atoms with van der Waals surface area (Å²) in [5.41, 5.74) is -0.901. The molecule has 0 bridgehead atoms. The fraction of sp³-hybridized carbons (Fsp3) is 0.900. The van der Waals surface area contributed by atoms with Crippen molar-refractivity contribution in [3.05, 3.63) is 0 Å². The van der Waals surface area contributed by atoms with Crippen molar-refractivity contribution in [3.8, 4) is 0 Å². The van der Waals surface area contributed by atoms with Gasteiger partial charge in [0, 0.05) is 0 Å². The van der Waals surface area contributed by atoms with Crippen molar-refractivity contribution in [2.75, 3.05) is 6.61 Å². The first-order valence-corrected chi connectivity index (χ1v) is 4.90. The number of unbranched alkanes of at least 4 members (excludes halogenated alkanes) is 1. The lowest BCUT2D eigenvalue weighted by Gasteiger charge is -2.21. The highest BCUT2D eigenvalue weighted by Gasteiger charge is 2.24. The number of aliphatic hydroxyl groups is 1. The van der Waals surface area contributed by atoms with Gasteiger partial charge in [0.25, 0.3) is 0 Å². The molecule has 0 spiro atoms. The van der Waals surface area contributed by atoms with Gasteiger partial charge < -0.3 is 9.84 Å². The standard InChI is InChI=1S/C10H20O3/c1-4-6-7-10(3,12)8-9(11)13-5-2/h12H,4-8H2,1-3H3/t10-/m0/s1. The minimum Gasteiger partial charge on any atom is -0.466 e. The SMILES string of the molecule is CCCC[C@](C)(O)CC(=O)OCC. The van der Waals surface area contributed by atoms with Crippen LogP contribution in [-0.4, -0.2) is 23.3 Å². The van der Waals surface area contributed by atoms with Crippen LogP contribution >= 0.6 is 0 Å². The number of carbonyl (C=O) groups is 1. The van der Waals surface area contributed by atoms with Gasteiger partial charge >= 0.3 is 5.97 Å². The van der Waals surface area contributed by atoms with E-state index in [1.54, 1.807) is 13.8 Å². The number of rotatable bonds is 6. The van der Waals surface area contributed by atoms with Crippen LogP contribution in [0.3, 0.4) is 0 Å². The predicted molar refractivity (Wildman–Crippen MR) is 51.4 cm³/mol. The van der Waals surface area contributed by atoms with Gasteiger partial charge in [-0.3, -0.25) is 4.79 Å². The third kappa shape index (κ3) is 6.58. The monoisotopic (exact) mass is 188 g/mol. The molecular formula is C10H20O3. The third-order valence-corrected chi connectivity index (χ3v) is 1.90. The largest absolute Gasteiger partial charge is 0.466 e. The zero-order chi connectivity index (χ0) is 10.3. The minimum atomic E-state index is -0.901. The molecule has 0 aromatic carbocycles. The van der Waals surface area contributed by atoms with Gasteiger partial charge in [-0.2, -0.15) is 0 Å². The lowest BCUT2D eigenvalue weighted by atomic mass is 9.95. The smallest absolute Gasteiger partial charge is 0.308 e. The number of esters is 1. The van der Waals surface area contributed by atoms with Gasteiger partial charge in [-0.15, -0.1) is 0 Å². The van der Waals surface area contributed by atoms with Crippen molar-refractivity contribution in [2.45, 2.75) is 52.1 Å². The Hall–Kier alpha value is -0.570. The molecule has 0 fully saturated rings. The van der Waals surface area contributed by atoms with Gasteiger partial charge in [-0.05, 0) is 20.3 Å². The summed E-state index contributed by atoms with van der Waals surface area (Å²) in [6.45, 7) is 5.88. The van der Waals surface area contributed by atoms with Gasteiger partial charge in [-0.25, -0.2) is 0 Å². The first-order chi connectivity index (χ1) is 6.02. The summed E-state index contributed by atoms with van der Waals surface area (Å²) in [5.74, 6) is -0.316. The highest BCUT2D eigenvalue weighted by atomic mass is 16.5. The van der Waals surface area contributed by atoms with Crippen molar-refractivity contribution < 1.29 is 14.6 Å². The quantitative estimate of drug-likeness (QED) is 0.647. The summed E-state index contributed by atoms with van der Waals surface area (Å²) in [4.78, 5) is 11.0. The fourth-order valence-electron chi connectivity index (χ4n) is 1.17. The molecule has 0 amide bonds. The molecule has 3 heteroatoms. The van der Waals surface area contributed by atoms with E-state index in [2.05, 4.69) is 6.92 Å². The van der Waals surface area contributed by atoms with E-state index in [0.717, 1.165) is 12.8 Å². The molecule has 78 valence electrons. The van der Waals surface area contributed by atoms with Gasteiger partial charge in [0.1, 0.15) is 0 Å². The Kier molecular flexibility index (Phi) is 5.71. The van der Waals surface area contributed by atoms with Gasteiger partial charge in [0.15, 0.2) is 0 Å². The summed E-state index contributed by atoms with van der Waals surface area (Å²) in [5, 5.41) is 9.74. The summed E-state index contributed by atoms with van der Waals surface area (Å²) >= 11 is 0. The van der Waals surface area contributed by atoms with E-state index >= 15 is 0 Å². The highest BCUT2D eigenvalue weighted by molar-refractivity contribution is 5.70. The molecule has 0 aliphatic rings. The molecule has 0 unspecified atom stereocenters. The summed E-state index contributed by atoms with van der Waals surface area (Å²) in [6.07, 6.45) is 2.72.